The summed E-state index contributed by atoms with van der Waals surface area (Å²) in [5.74, 6) is -0.887. The van der Waals surface area contributed by atoms with Crippen molar-refractivity contribution in [1.29, 1.82) is 0 Å². The topological polar surface area (TPSA) is 78.9 Å². The zero-order valence-corrected chi connectivity index (χ0v) is 48.4. The smallest absolute Gasteiger partial charge is 0.306 e. The molecular formula is C67H118O6. The number of unbranched alkanes of at least 4 members (excludes halogenated alkanes) is 34. The molecule has 0 aliphatic rings. The van der Waals surface area contributed by atoms with Crippen molar-refractivity contribution in [3.05, 3.63) is 72.9 Å². The van der Waals surface area contributed by atoms with Gasteiger partial charge in [0.25, 0.3) is 0 Å². The Bertz CT molecular complexity index is 1360. The molecule has 0 aromatic carbocycles. The van der Waals surface area contributed by atoms with Crippen LogP contribution in [-0.4, -0.2) is 37.2 Å². The van der Waals surface area contributed by atoms with Crippen molar-refractivity contribution in [3.8, 4) is 0 Å². The predicted octanol–water partition coefficient (Wildman–Crippen LogP) is 21.3. The van der Waals surface area contributed by atoms with Crippen LogP contribution < -0.4 is 0 Å². The van der Waals surface area contributed by atoms with Gasteiger partial charge in [0.2, 0.25) is 0 Å². The summed E-state index contributed by atoms with van der Waals surface area (Å²) < 4.78 is 16.9. The molecule has 0 aromatic rings. The van der Waals surface area contributed by atoms with Crippen molar-refractivity contribution in [1.82, 2.24) is 0 Å². The van der Waals surface area contributed by atoms with Gasteiger partial charge in [0.1, 0.15) is 13.2 Å². The molecule has 0 spiro atoms. The number of allylic oxidation sites excluding steroid dienone is 12. The van der Waals surface area contributed by atoms with E-state index >= 15 is 0 Å². The van der Waals surface area contributed by atoms with E-state index in [2.05, 4.69) is 93.7 Å². The molecule has 422 valence electrons. The van der Waals surface area contributed by atoms with Crippen LogP contribution in [0, 0.1) is 0 Å². The second-order valence-corrected chi connectivity index (χ2v) is 20.9. The summed E-state index contributed by atoms with van der Waals surface area (Å²) in [5.41, 5.74) is 0. The Labute approximate surface area is 453 Å². The van der Waals surface area contributed by atoms with Crippen LogP contribution in [0.2, 0.25) is 0 Å². The lowest BCUT2D eigenvalue weighted by molar-refractivity contribution is -0.167. The molecule has 0 N–H and O–H groups in total. The van der Waals surface area contributed by atoms with E-state index in [1.54, 1.807) is 0 Å². The summed E-state index contributed by atoms with van der Waals surface area (Å²) in [6, 6.07) is 0. The molecule has 0 heterocycles. The fourth-order valence-electron chi connectivity index (χ4n) is 8.94. The number of hydrogen-bond acceptors (Lipinski definition) is 6. The van der Waals surface area contributed by atoms with Crippen LogP contribution in [0.25, 0.3) is 0 Å². The van der Waals surface area contributed by atoms with E-state index in [1.165, 1.54) is 180 Å². The van der Waals surface area contributed by atoms with E-state index in [1.807, 2.05) is 0 Å². The predicted molar refractivity (Wildman–Crippen MR) is 316 cm³/mol. The van der Waals surface area contributed by atoms with Crippen molar-refractivity contribution in [3.63, 3.8) is 0 Å². The summed E-state index contributed by atoms with van der Waals surface area (Å²) in [5, 5.41) is 0. The minimum Gasteiger partial charge on any atom is -0.462 e. The fraction of sp³-hybridized carbons (Fsp3) is 0.776. The molecule has 0 amide bonds. The van der Waals surface area contributed by atoms with Crippen molar-refractivity contribution < 1.29 is 28.6 Å². The average Bonchev–Trinajstić information content (AvgIpc) is 3.39. The molecule has 6 nitrogen and oxygen atoms in total. The Morgan fingerprint density at radius 3 is 0.890 bits per heavy atom. The third kappa shape index (κ3) is 59.6. The van der Waals surface area contributed by atoms with Gasteiger partial charge in [-0.05, 0) is 103 Å². The average molecular weight is 1020 g/mol. The molecule has 1 atom stereocenters. The molecule has 0 saturated heterocycles. The second-order valence-electron chi connectivity index (χ2n) is 20.9. The van der Waals surface area contributed by atoms with Crippen LogP contribution >= 0.6 is 0 Å². The zero-order valence-electron chi connectivity index (χ0n) is 48.4. The number of carbonyl (C=O) groups excluding carboxylic acids is 3. The monoisotopic (exact) mass is 1020 g/mol. The van der Waals surface area contributed by atoms with Gasteiger partial charge in [0.05, 0.1) is 0 Å². The standard InChI is InChI=1S/C67H118O6/c1-4-7-10-13-16-19-22-24-26-28-30-32-33-35-36-38-40-42-45-48-51-54-57-60-66(69)72-63-64(62-71-65(68)59-56-53-50-47-44-21-18-15-12-9-6-3)73-67(70)61-58-55-52-49-46-43-41-39-37-34-31-29-27-25-23-20-17-14-11-8-5-2/h8,11,15,17-18,20,25,27-28,30-31,34,64H,4-7,9-10,12-14,16,19,21-24,26,29,32-33,35-63H2,1-3H3/b11-8-,18-15-,20-17-,27-25-,30-28-,34-31-. The van der Waals surface area contributed by atoms with Crippen LogP contribution in [0.5, 0.6) is 0 Å². The minimum atomic E-state index is -0.784. The van der Waals surface area contributed by atoms with Gasteiger partial charge in [-0.15, -0.1) is 0 Å². The van der Waals surface area contributed by atoms with Gasteiger partial charge in [-0.1, -0.05) is 267 Å². The molecule has 0 radical (unpaired) electrons. The molecule has 0 aromatic heterocycles. The molecule has 6 heteroatoms. The first-order valence-corrected chi connectivity index (χ1v) is 31.4. The Morgan fingerprint density at radius 2 is 0.548 bits per heavy atom. The van der Waals surface area contributed by atoms with Gasteiger partial charge >= 0.3 is 17.9 Å². The number of esters is 3. The van der Waals surface area contributed by atoms with E-state index in [4.69, 9.17) is 14.2 Å². The summed E-state index contributed by atoms with van der Waals surface area (Å²) in [4.78, 5) is 38.2. The molecule has 0 aliphatic carbocycles. The van der Waals surface area contributed by atoms with Gasteiger partial charge in [0, 0.05) is 19.3 Å². The van der Waals surface area contributed by atoms with Crippen molar-refractivity contribution in [2.24, 2.45) is 0 Å². The van der Waals surface area contributed by atoms with Gasteiger partial charge in [-0.2, -0.15) is 0 Å². The SMILES string of the molecule is CC/C=C\C/C=C\C/C=C\C/C=C\CCCCCCCCCCC(=O)OC(COC(=O)CCCCCCC/C=C\CCCC)COC(=O)CCCCCCCCCCCCC/C=C\CCCCCCCCCC. The van der Waals surface area contributed by atoms with Crippen molar-refractivity contribution in [2.45, 2.75) is 322 Å². The van der Waals surface area contributed by atoms with Crippen molar-refractivity contribution in [2.75, 3.05) is 13.2 Å². The Hall–Kier alpha value is -3.15. The Morgan fingerprint density at radius 1 is 0.288 bits per heavy atom. The zero-order chi connectivity index (χ0) is 52.9. The normalized spacial score (nSPS) is 12.5. The van der Waals surface area contributed by atoms with Crippen LogP contribution in [0.4, 0.5) is 0 Å². The second kappa shape index (κ2) is 61.4. The third-order valence-electron chi connectivity index (χ3n) is 13.7. The Kier molecular flexibility index (Phi) is 58.7. The fourth-order valence-corrected chi connectivity index (χ4v) is 8.94. The van der Waals surface area contributed by atoms with Crippen molar-refractivity contribution >= 4 is 17.9 Å². The maximum absolute atomic E-state index is 12.9. The molecular weight excluding hydrogens is 901 g/mol. The Balaban J connectivity index is 4.28. The number of hydrogen-bond donors (Lipinski definition) is 0. The third-order valence-corrected chi connectivity index (χ3v) is 13.7. The lowest BCUT2D eigenvalue weighted by Crippen LogP contribution is -2.30. The maximum atomic E-state index is 12.9. The van der Waals surface area contributed by atoms with Gasteiger partial charge < -0.3 is 14.2 Å². The number of ether oxygens (including phenoxy) is 3. The highest BCUT2D eigenvalue weighted by molar-refractivity contribution is 5.71. The van der Waals surface area contributed by atoms with E-state index < -0.39 is 6.10 Å². The number of carbonyl (C=O) groups is 3. The van der Waals surface area contributed by atoms with E-state index in [0.717, 1.165) is 96.3 Å². The van der Waals surface area contributed by atoms with E-state index in [9.17, 15) is 14.4 Å². The molecule has 1 unspecified atom stereocenters. The quantitative estimate of drug-likeness (QED) is 0.0261. The molecule has 0 saturated carbocycles. The molecule has 0 fully saturated rings. The van der Waals surface area contributed by atoms with Crippen LogP contribution in [0.3, 0.4) is 0 Å². The number of rotatable bonds is 57. The molecule has 0 aliphatic heterocycles. The lowest BCUT2D eigenvalue weighted by Gasteiger charge is -2.18. The van der Waals surface area contributed by atoms with E-state index in [0.29, 0.717) is 19.3 Å². The van der Waals surface area contributed by atoms with Crippen LogP contribution in [0.15, 0.2) is 72.9 Å². The lowest BCUT2D eigenvalue weighted by atomic mass is 10.0. The summed E-state index contributed by atoms with van der Waals surface area (Å²) in [6.45, 7) is 6.51. The summed E-state index contributed by atoms with van der Waals surface area (Å²) >= 11 is 0. The van der Waals surface area contributed by atoms with Crippen LogP contribution in [0.1, 0.15) is 316 Å². The summed E-state index contributed by atoms with van der Waals surface area (Å²) in [6.07, 6.45) is 79.1. The molecule has 0 bridgehead atoms. The highest BCUT2D eigenvalue weighted by Crippen LogP contribution is 2.16. The van der Waals surface area contributed by atoms with Gasteiger partial charge in [0.15, 0.2) is 6.10 Å². The van der Waals surface area contributed by atoms with Gasteiger partial charge in [-0.3, -0.25) is 14.4 Å². The van der Waals surface area contributed by atoms with Gasteiger partial charge in [-0.25, -0.2) is 0 Å². The molecule has 0 rings (SSSR count). The minimum absolute atomic E-state index is 0.0803. The highest BCUT2D eigenvalue weighted by Gasteiger charge is 2.19. The largest absolute Gasteiger partial charge is 0.462 e. The molecule has 73 heavy (non-hydrogen) atoms. The first-order valence-electron chi connectivity index (χ1n) is 31.4. The first kappa shape index (κ1) is 69.8. The summed E-state index contributed by atoms with van der Waals surface area (Å²) in [7, 11) is 0. The van der Waals surface area contributed by atoms with E-state index in [-0.39, 0.29) is 31.1 Å². The highest BCUT2D eigenvalue weighted by atomic mass is 16.6. The first-order chi connectivity index (χ1) is 36.0. The van der Waals surface area contributed by atoms with Crippen LogP contribution in [-0.2, 0) is 28.6 Å². The maximum Gasteiger partial charge on any atom is 0.306 e.